The highest BCUT2D eigenvalue weighted by molar-refractivity contribution is 5.95. The topological polar surface area (TPSA) is 108 Å². The molecule has 2 aromatic carbocycles. The third-order valence-electron chi connectivity index (χ3n) is 4.11. The van der Waals surface area contributed by atoms with E-state index in [1.54, 1.807) is 56.5 Å². The van der Waals surface area contributed by atoms with Gasteiger partial charge >= 0.3 is 0 Å². The number of carbonyl (C=O) groups is 1. The lowest BCUT2D eigenvalue weighted by Gasteiger charge is -2.11. The van der Waals surface area contributed by atoms with Crippen molar-refractivity contribution in [3.8, 4) is 17.2 Å². The molecule has 0 aliphatic rings. The highest BCUT2D eigenvalue weighted by atomic mass is 16.6. The number of carbonyl (C=O) groups excluding carboxylic acids is 1. The van der Waals surface area contributed by atoms with Crippen LogP contribution in [0.25, 0.3) is 0 Å². The predicted octanol–water partition coefficient (Wildman–Crippen LogP) is 3.13. The fourth-order valence-corrected chi connectivity index (χ4v) is 2.49. The van der Waals surface area contributed by atoms with E-state index in [9.17, 15) is 4.79 Å². The van der Waals surface area contributed by atoms with Gasteiger partial charge in [0.15, 0.2) is 11.5 Å². The van der Waals surface area contributed by atoms with Crippen LogP contribution < -0.4 is 19.6 Å². The average molecular weight is 410 g/mol. The fourth-order valence-electron chi connectivity index (χ4n) is 2.49. The van der Waals surface area contributed by atoms with Crippen molar-refractivity contribution in [2.24, 2.45) is 5.10 Å². The highest BCUT2D eigenvalue weighted by Crippen LogP contribution is 2.29. The summed E-state index contributed by atoms with van der Waals surface area (Å²) in [6.07, 6.45) is 1.53. The van der Waals surface area contributed by atoms with Crippen LogP contribution in [-0.4, -0.2) is 36.2 Å². The van der Waals surface area contributed by atoms with Crippen LogP contribution in [0.4, 0.5) is 0 Å². The SMILES string of the molecule is CCOc1cc(/C=N/NC(=O)c2ccc(OC)cc2)ccc1OCc1nonc1C. The van der Waals surface area contributed by atoms with Crippen LogP contribution in [-0.2, 0) is 6.61 Å². The quantitative estimate of drug-likeness (QED) is 0.426. The Kier molecular flexibility index (Phi) is 6.99. The first-order chi connectivity index (χ1) is 14.6. The molecule has 3 aromatic rings. The monoisotopic (exact) mass is 410 g/mol. The Bertz CT molecular complexity index is 1010. The van der Waals surface area contributed by atoms with Gasteiger partial charge in [0.1, 0.15) is 23.7 Å². The van der Waals surface area contributed by atoms with Crippen LogP contribution in [0, 0.1) is 6.92 Å². The third-order valence-corrected chi connectivity index (χ3v) is 4.11. The van der Waals surface area contributed by atoms with Crippen molar-refractivity contribution >= 4 is 12.1 Å². The number of nitrogens with one attached hydrogen (secondary N) is 1. The van der Waals surface area contributed by atoms with Gasteiger partial charge < -0.3 is 14.2 Å². The number of hydrogen-bond acceptors (Lipinski definition) is 8. The lowest BCUT2D eigenvalue weighted by atomic mass is 10.2. The molecule has 1 aromatic heterocycles. The number of rotatable bonds is 9. The molecule has 0 radical (unpaired) electrons. The van der Waals surface area contributed by atoms with Crippen molar-refractivity contribution in [3.05, 3.63) is 65.0 Å². The molecular weight excluding hydrogens is 388 g/mol. The summed E-state index contributed by atoms with van der Waals surface area (Å²) >= 11 is 0. The van der Waals surface area contributed by atoms with Gasteiger partial charge in [0.25, 0.3) is 5.91 Å². The maximum atomic E-state index is 12.2. The van der Waals surface area contributed by atoms with Crippen molar-refractivity contribution in [1.29, 1.82) is 0 Å². The standard InChI is InChI=1S/C21H22N4O5/c1-4-28-20-11-15(5-10-19(20)29-13-18-14(2)24-30-25-18)12-22-23-21(26)16-6-8-17(27-3)9-7-16/h5-12H,4,13H2,1-3H3,(H,23,26)/b22-12+. The minimum absolute atomic E-state index is 0.209. The number of ether oxygens (including phenoxy) is 3. The number of nitrogens with zero attached hydrogens (tertiary/aromatic N) is 3. The molecule has 0 fully saturated rings. The largest absolute Gasteiger partial charge is 0.497 e. The van der Waals surface area contributed by atoms with Gasteiger partial charge in [-0.3, -0.25) is 4.79 Å². The minimum atomic E-state index is -0.324. The summed E-state index contributed by atoms with van der Waals surface area (Å²) < 4.78 is 21.2. The molecule has 156 valence electrons. The summed E-state index contributed by atoms with van der Waals surface area (Å²) in [5.41, 5.74) is 4.99. The summed E-state index contributed by atoms with van der Waals surface area (Å²) in [6.45, 7) is 4.35. The number of benzene rings is 2. The van der Waals surface area contributed by atoms with Crippen molar-refractivity contribution in [1.82, 2.24) is 15.7 Å². The number of hydrazone groups is 1. The molecule has 0 aliphatic heterocycles. The van der Waals surface area contributed by atoms with Crippen LogP contribution >= 0.6 is 0 Å². The van der Waals surface area contributed by atoms with E-state index in [1.165, 1.54) is 6.21 Å². The smallest absolute Gasteiger partial charge is 0.271 e. The van der Waals surface area contributed by atoms with E-state index >= 15 is 0 Å². The zero-order chi connectivity index (χ0) is 21.3. The number of methoxy groups -OCH3 is 1. The summed E-state index contributed by atoms with van der Waals surface area (Å²) in [7, 11) is 1.57. The van der Waals surface area contributed by atoms with Crippen molar-refractivity contribution in [3.63, 3.8) is 0 Å². The van der Waals surface area contributed by atoms with Gasteiger partial charge in [-0.15, -0.1) is 0 Å². The Balaban J connectivity index is 1.64. The van der Waals surface area contributed by atoms with E-state index < -0.39 is 0 Å². The summed E-state index contributed by atoms with van der Waals surface area (Å²) in [5, 5.41) is 11.5. The van der Waals surface area contributed by atoms with Gasteiger partial charge in [-0.2, -0.15) is 5.10 Å². The van der Waals surface area contributed by atoms with E-state index in [2.05, 4.69) is 25.5 Å². The first-order valence-corrected chi connectivity index (χ1v) is 9.25. The van der Waals surface area contributed by atoms with Crippen LogP contribution in [0.15, 0.2) is 52.2 Å². The Morgan fingerprint density at radius 2 is 1.93 bits per heavy atom. The third kappa shape index (κ3) is 5.34. The minimum Gasteiger partial charge on any atom is -0.497 e. The maximum absolute atomic E-state index is 12.2. The van der Waals surface area contributed by atoms with Crippen LogP contribution in [0.1, 0.15) is 34.2 Å². The lowest BCUT2D eigenvalue weighted by Crippen LogP contribution is -2.17. The molecule has 0 saturated carbocycles. The number of aromatic nitrogens is 2. The zero-order valence-electron chi connectivity index (χ0n) is 16.9. The molecule has 0 aliphatic carbocycles. The van der Waals surface area contributed by atoms with E-state index in [1.807, 2.05) is 6.92 Å². The zero-order valence-corrected chi connectivity index (χ0v) is 16.9. The molecular formula is C21H22N4O5. The molecule has 1 N–H and O–H groups in total. The fraction of sp³-hybridized carbons (Fsp3) is 0.238. The molecule has 9 nitrogen and oxygen atoms in total. The van der Waals surface area contributed by atoms with Crippen LogP contribution in [0.5, 0.6) is 17.2 Å². The van der Waals surface area contributed by atoms with Crippen LogP contribution in [0.2, 0.25) is 0 Å². The second-order valence-corrected chi connectivity index (χ2v) is 6.15. The van der Waals surface area contributed by atoms with Crippen molar-refractivity contribution in [2.45, 2.75) is 20.5 Å². The number of hydrogen-bond donors (Lipinski definition) is 1. The van der Waals surface area contributed by atoms with Crippen LogP contribution in [0.3, 0.4) is 0 Å². The second kappa shape index (κ2) is 10.1. The Morgan fingerprint density at radius 3 is 2.60 bits per heavy atom. The molecule has 3 rings (SSSR count). The van der Waals surface area contributed by atoms with Crippen molar-refractivity contribution in [2.75, 3.05) is 13.7 Å². The van der Waals surface area contributed by atoms with Gasteiger partial charge in [-0.1, -0.05) is 10.3 Å². The second-order valence-electron chi connectivity index (χ2n) is 6.15. The first-order valence-electron chi connectivity index (χ1n) is 9.25. The van der Waals surface area contributed by atoms with E-state index in [0.717, 1.165) is 5.56 Å². The molecule has 9 heteroatoms. The molecule has 1 heterocycles. The summed E-state index contributed by atoms with van der Waals surface area (Å²) in [6, 6.07) is 12.1. The Labute approximate surface area is 173 Å². The lowest BCUT2D eigenvalue weighted by molar-refractivity contribution is 0.0955. The van der Waals surface area contributed by atoms with Gasteiger partial charge in [-0.05, 0) is 61.9 Å². The molecule has 30 heavy (non-hydrogen) atoms. The number of amides is 1. The van der Waals surface area contributed by atoms with Gasteiger partial charge in [0, 0.05) is 5.56 Å². The molecule has 1 amide bonds. The van der Waals surface area contributed by atoms with Gasteiger partial charge in [0.05, 0.1) is 19.9 Å². The predicted molar refractivity (Wildman–Crippen MR) is 109 cm³/mol. The summed E-state index contributed by atoms with van der Waals surface area (Å²) in [5.74, 6) is 1.46. The molecule has 0 spiro atoms. The summed E-state index contributed by atoms with van der Waals surface area (Å²) in [4.78, 5) is 12.2. The van der Waals surface area contributed by atoms with Gasteiger partial charge in [0.2, 0.25) is 0 Å². The van der Waals surface area contributed by atoms with E-state index in [4.69, 9.17) is 14.2 Å². The molecule has 0 atom stereocenters. The Hall–Kier alpha value is -3.88. The van der Waals surface area contributed by atoms with E-state index in [0.29, 0.717) is 40.8 Å². The Morgan fingerprint density at radius 1 is 1.13 bits per heavy atom. The normalized spacial score (nSPS) is 10.8. The van der Waals surface area contributed by atoms with Gasteiger partial charge in [-0.25, -0.2) is 10.1 Å². The molecule has 0 unspecified atom stereocenters. The molecule has 0 bridgehead atoms. The van der Waals surface area contributed by atoms with E-state index in [-0.39, 0.29) is 12.5 Å². The number of aryl methyl sites for hydroxylation is 1. The molecule has 0 saturated heterocycles. The average Bonchev–Trinajstić information content (AvgIpc) is 3.18. The maximum Gasteiger partial charge on any atom is 0.271 e. The highest BCUT2D eigenvalue weighted by Gasteiger charge is 2.10. The first kappa shape index (κ1) is 20.8. The van der Waals surface area contributed by atoms with Crippen molar-refractivity contribution < 1.29 is 23.6 Å².